The van der Waals surface area contributed by atoms with Gasteiger partial charge < -0.3 is 5.32 Å². The van der Waals surface area contributed by atoms with Crippen molar-refractivity contribution in [2.45, 2.75) is 52.0 Å². The molecule has 1 aromatic heterocycles. The van der Waals surface area contributed by atoms with Crippen molar-refractivity contribution in [3.05, 3.63) is 23.5 Å². The van der Waals surface area contributed by atoms with E-state index in [2.05, 4.69) is 24.1 Å². The third-order valence-electron chi connectivity index (χ3n) is 2.67. The summed E-state index contributed by atoms with van der Waals surface area (Å²) in [5, 5.41) is 4.11. The number of nitrogens with zero attached hydrogens (tertiary/aromatic N) is 1. The molecule has 1 rings (SSSR count). The van der Waals surface area contributed by atoms with Gasteiger partial charge >= 0.3 is 0 Å². The Hall–Kier alpha value is -0.760. The summed E-state index contributed by atoms with van der Waals surface area (Å²) in [6.07, 6.45) is 9.86. The molecule has 0 saturated heterocycles. The molecule has 0 radical (unpaired) electrons. The molecule has 0 aliphatic carbocycles. The third kappa shape index (κ3) is 4.84. The molecule has 0 aliphatic heterocycles. The molecular formula is C13H21ClN2. The van der Waals surface area contributed by atoms with Crippen LogP contribution in [0.2, 0.25) is 5.02 Å². The standard InChI is InChI=1S/C13H21ClN2/c1-3-4-5-6-7-11(2)16-13-8-9-15-10-12(13)14/h8-11H,3-7H2,1-2H3,(H,15,16). The molecule has 1 heterocycles. The smallest absolute Gasteiger partial charge is 0.0820 e. The van der Waals surface area contributed by atoms with Gasteiger partial charge in [0.05, 0.1) is 10.7 Å². The molecule has 0 saturated carbocycles. The monoisotopic (exact) mass is 240 g/mol. The lowest BCUT2D eigenvalue weighted by Crippen LogP contribution is -2.15. The van der Waals surface area contributed by atoms with Crippen LogP contribution in [0.1, 0.15) is 46.0 Å². The van der Waals surface area contributed by atoms with E-state index in [1.54, 1.807) is 12.4 Å². The predicted molar refractivity (Wildman–Crippen MR) is 71.1 cm³/mol. The minimum Gasteiger partial charge on any atom is -0.381 e. The molecule has 1 atom stereocenters. The molecule has 90 valence electrons. The second-order valence-electron chi connectivity index (χ2n) is 4.25. The van der Waals surface area contributed by atoms with E-state index in [9.17, 15) is 0 Å². The fraction of sp³-hybridized carbons (Fsp3) is 0.615. The van der Waals surface area contributed by atoms with Crippen LogP contribution in [-0.4, -0.2) is 11.0 Å². The van der Waals surface area contributed by atoms with E-state index in [1.807, 2.05) is 6.07 Å². The van der Waals surface area contributed by atoms with Crippen molar-refractivity contribution in [1.29, 1.82) is 0 Å². The summed E-state index contributed by atoms with van der Waals surface area (Å²) >= 11 is 6.03. The highest BCUT2D eigenvalue weighted by Crippen LogP contribution is 2.21. The third-order valence-corrected chi connectivity index (χ3v) is 2.97. The van der Waals surface area contributed by atoms with E-state index in [4.69, 9.17) is 11.6 Å². The fourth-order valence-electron chi connectivity index (χ4n) is 1.71. The summed E-state index contributed by atoms with van der Waals surface area (Å²) in [5.74, 6) is 0. The Labute approximate surface area is 103 Å². The minimum atomic E-state index is 0.469. The first kappa shape index (κ1) is 13.3. The van der Waals surface area contributed by atoms with Crippen molar-refractivity contribution in [2.24, 2.45) is 0 Å². The van der Waals surface area contributed by atoms with Crippen molar-refractivity contribution in [1.82, 2.24) is 4.98 Å². The van der Waals surface area contributed by atoms with Gasteiger partial charge in [-0.15, -0.1) is 0 Å². The van der Waals surface area contributed by atoms with E-state index < -0.39 is 0 Å². The van der Waals surface area contributed by atoms with Crippen LogP contribution in [0.3, 0.4) is 0 Å². The number of pyridine rings is 1. The Balaban J connectivity index is 2.28. The van der Waals surface area contributed by atoms with Gasteiger partial charge in [-0.2, -0.15) is 0 Å². The molecule has 0 spiro atoms. The number of nitrogens with one attached hydrogen (secondary N) is 1. The van der Waals surface area contributed by atoms with Crippen LogP contribution < -0.4 is 5.32 Å². The zero-order valence-corrected chi connectivity index (χ0v) is 10.9. The molecule has 0 aromatic carbocycles. The van der Waals surface area contributed by atoms with Crippen LogP contribution in [0, 0.1) is 0 Å². The quantitative estimate of drug-likeness (QED) is 0.710. The minimum absolute atomic E-state index is 0.469. The first-order chi connectivity index (χ1) is 7.74. The number of halogens is 1. The van der Waals surface area contributed by atoms with Crippen LogP contribution in [0.15, 0.2) is 18.5 Å². The Morgan fingerprint density at radius 3 is 2.88 bits per heavy atom. The molecule has 1 aromatic rings. The largest absolute Gasteiger partial charge is 0.381 e. The Morgan fingerprint density at radius 1 is 1.38 bits per heavy atom. The number of rotatable bonds is 7. The summed E-state index contributed by atoms with van der Waals surface area (Å²) in [6, 6.07) is 2.39. The summed E-state index contributed by atoms with van der Waals surface area (Å²) in [7, 11) is 0. The molecule has 0 amide bonds. The van der Waals surface area contributed by atoms with E-state index in [1.165, 1.54) is 32.1 Å². The van der Waals surface area contributed by atoms with Gasteiger partial charge in [-0.1, -0.05) is 44.2 Å². The van der Waals surface area contributed by atoms with Gasteiger partial charge in [-0.3, -0.25) is 4.98 Å². The molecule has 1 N–H and O–H groups in total. The first-order valence-electron chi connectivity index (χ1n) is 6.10. The van der Waals surface area contributed by atoms with Gasteiger partial charge in [-0.25, -0.2) is 0 Å². The fourth-order valence-corrected chi connectivity index (χ4v) is 1.88. The first-order valence-corrected chi connectivity index (χ1v) is 6.48. The normalized spacial score (nSPS) is 12.4. The molecular weight excluding hydrogens is 220 g/mol. The van der Waals surface area contributed by atoms with Gasteiger partial charge in [0, 0.05) is 18.4 Å². The van der Waals surface area contributed by atoms with E-state index in [0.29, 0.717) is 11.1 Å². The maximum atomic E-state index is 6.03. The Morgan fingerprint density at radius 2 is 2.19 bits per heavy atom. The van der Waals surface area contributed by atoms with Gasteiger partial charge in [0.15, 0.2) is 0 Å². The van der Waals surface area contributed by atoms with Crippen molar-refractivity contribution in [3.63, 3.8) is 0 Å². The molecule has 3 heteroatoms. The Bertz CT molecular complexity index is 302. The Kier molecular flexibility index (Phi) is 6.24. The van der Waals surface area contributed by atoms with Crippen LogP contribution >= 0.6 is 11.6 Å². The molecule has 0 aliphatic rings. The maximum absolute atomic E-state index is 6.03. The average Bonchev–Trinajstić information content (AvgIpc) is 2.28. The van der Waals surface area contributed by atoms with Crippen molar-refractivity contribution >= 4 is 17.3 Å². The van der Waals surface area contributed by atoms with Crippen LogP contribution in [0.4, 0.5) is 5.69 Å². The summed E-state index contributed by atoms with van der Waals surface area (Å²) in [4.78, 5) is 3.97. The summed E-state index contributed by atoms with van der Waals surface area (Å²) < 4.78 is 0. The summed E-state index contributed by atoms with van der Waals surface area (Å²) in [6.45, 7) is 4.43. The number of hydrogen-bond donors (Lipinski definition) is 1. The zero-order chi connectivity index (χ0) is 11.8. The number of unbranched alkanes of at least 4 members (excludes halogenated alkanes) is 3. The molecule has 0 fully saturated rings. The van der Waals surface area contributed by atoms with Crippen molar-refractivity contribution < 1.29 is 0 Å². The molecule has 2 nitrogen and oxygen atoms in total. The van der Waals surface area contributed by atoms with E-state index in [-0.39, 0.29) is 0 Å². The lowest BCUT2D eigenvalue weighted by molar-refractivity contribution is 0.594. The molecule has 0 bridgehead atoms. The highest BCUT2D eigenvalue weighted by Gasteiger charge is 2.04. The molecule has 1 unspecified atom stereocenters. The second-order valence-corrected chi connectivity index (χ2v) is 4.66. The van der Waals surface area contributed by atoms with Crippen molar-refractivity contribution in [3.8, 4) is 0 Å². The van der Waals surface area contributed by atoms with E-state index in [0.717, 1.165) is 5.69 Å². The van der Waals surface area contributed by atoms with E-state index >= 15 is 0 Å². The lowest BCUT2D eigenvalue weighted by Gasteiger charge is -2.15. The highest BCUT2D eigenvalue weighted by atomic mass is 35.5. The average molecular weight is 241 g/mol. The van der Waals surface area contributed by atoms with Gasteiger partial charge in [0.2, 0.25) is 0 Å². The van der Waals surface area contributed by atoms with Gasteiger partial charge in [0.1, 0.15) is 0 Å². The zero-order valence-electron chi connectivity index (χ0n) is 10.2. The highest BCUT2D eigenvalue weighted by molar-refractivity contribution is 6.33. The topological polar surface area (TPSA) is 24.9 Å². The molecule has 16 heavy (non-hydrogen) atoms. The number of hydrogen-bond acceptors (Lipinski definition) is 2. The number of anilines is 1. The van der Waals surface area contributed by atoms with Crippen molar-refractivity contribution in [2.75, 3.05) is 5.32 Å². The summed E-state index contributed by atoms with van der Waals surface area (Å²) in [5.41, 5.74) is 0.986. The SMILES string of the molecule is CCCCCCC(C)Nc1ccncc1Cl. The predicted octanol–water partition coefficient (Wildman–Crippen LogP) is 4.51. The number of aromatic nitrogens is 1. The van der Waals surface area contributed by atoms with Gasteiger partial charge in [-0.05, 0) is 19.4 Å². The second kappa shape index (κ2) is 7.50. The van der Waals surface area contributed by atoms with Crippen LogP contribution in [-0.2, 0) is 0 Å². The van der Waals surface area contributed by atoms with Crippen LogP contribution in [0.25, 0.3) is 0 Å². The lowest BCUT2D eigenvalue weighted by atomic mass is 10.1. The van der Waals surface area contributed by atoms with Gasteiger partial charge in [0.25, 0.3) is 0 Å². The van der Waals surface area contributed by atoms with Crippen LogP contribution in [0.5, 0.6) is 0 Å². The maximum Gasteiger partial charge on any atom is 0.0820 e.